The molecule has 0 bridgehead atoms. The third-order valence-electron chi connectivity index (χ3n) is 5.78. The number of carbonyl (C=O) groups excluding carboxylic acids is 2. The van der Waals surface area contributed by atoms with Crippen molar-refractivity contribution >= 4 is 11.8 Å². The van der Waals surface area contributed by atoms with Gasteiger partial charge in [0.2, 0.25) is 0 Å². The lowest BCUT2D eigenvalue weighted by molar-refractivity contribution is 0.0725. The van der Waals surface area contributed by atoms with Crippen LogP contribution in [0.4, 0.5) is 0 Å². The van der Waals surface area contributed by atoms with Gasteiger partial charge >= 0.3 is 0 Å². The minimum absolute atomic E-state index is 0.0448. The van der Waals surface area contributed by atoms with Gasteiger partial charge < -0.3 is 10.2 Å². The van der Waals surface area contributed by atoms with Crippen LogP contribution in [0.2, 0.25) is 0 Å². The summed E-state index contributed by atoms with van der Waals surface area (Å²) in [5.41, 5.74) is 3.66. The zero-order valence-corrected chi connectivity index (χ0v) is 16.4. The predicted molar refractivity (Wildman–Crippen MR) is 108 cm³/mol. The Morgan fingerprint density at radius 3 is 2.79 bits per heavy atom. The molecule has 0 spiro atoms. The first kappa shape index (κ1) is 18.7. The maximum Gasteiger partial charge on any atom is 0.254 e. The third kappa shape index (κ3) is 4.08. The highest BCUT2D eigenvalue weighted by Gasteiger charge is 2.31. The van der Waals surface area contributed by atoms with Crippen molar-refractivity contribution < 1.29 is 9.59 Å². The molecule has 2 fully saturated rings. The van der Waals surface area contributed by atoms with E-state index < -0.39 is 0 Å². The van der Waals surface area contributed by atoms with Crippen LogP contribution in [0.3, 0.4) is 0 Å². The van der Waals surface area contributed by atoms with Crippen LogP contribution in [-0.4, -0.2) is 40.8 Å². The molecule has 1 N–H and O–H groups in total. The molecular formula is C23H27N3O2. The van der Waals surface area contributed by atoms with Crippen LogP contribution >= 0.6 is 0 Å². The first-order chi connectivity index (χ1) is 13.7. The van der Waals surface area contributed by atoms with Crippen LogP contribution in [0.15, 0.2) is 42.7 Å². The lowest BCUT2D eigenvalue weighted by Gasteiger charge is -2.25. The molecule has 1 saturated heterocycles. The van der Waals surface area contributed by atoms with Gasteiger partial charge in [-0.15, -0.1) is 0 Å². The SMILES string of the molecule is CCc1cncc(C(=O)NCC2CCCN2C(=O)c2cccc(C3CC3)c2)c1. The molecule has 2 heterocycles. The number of aryl methyl sites for hydroxylation is 1. The minimum atomic E-state index is -0.127. The average Bonchev–Trinajstić information content (AvgIpc) is 3.49. The molecular weight excluding hydrogens is 350 g/mol. The Kier molecular flexibility index (Phi) is 5.42. The van der Waals surface area contributed by atoms with Gasteiger partial charge in [0.25, 0.3) is 11.8 Å². The summed E-state index contributed by atoms with van der Waals surface area (Å²) in [6.07, 6.45) is 8.57. The Hall–Kier alpha value is -2.69. The van der Waals surface area contributed by atoms with Crippen LogP contribution in [0, 0.1) is 0 Å². The maximum absolute atomic E-state index is 13.1. The van der Waals surface area contributed by atoms with Crippen molar-refractivity contribution in [2.24, 2.45) is 0 Å². The maximum atomic E-state index is 13.1. The Morgan fingerprint density at radius 2 is 2.00 bits per heavy atom. The van der Waals surface area contributed by atoms with Gasteiger partial charge in [-0.2, -0.15) is 0 Å². The summed E-state index contributed by atoms with van der Waals surface area (Å²) in [5.74, 6) is 0.584. The van der Waals surface area contributed by atoms with E-state index in [1.54, 1.807) is 12.4 Å². The number of benzene rings is 1. The summed E-state index contributed by atoms with van der Waals surface area (Å²) >= 11 is 0. The molecule has 2 aromatic rings. The normalized spacial score (nSPS) is 18.9. The molecule has 1 aromatic heterocycles. The number of nitrogens with one attached hydrogen (secondary N) is 1. The number of rotatable bonds is 6. The molecule has 1 unspecified atom stereocenters. The second-order valence-electron chi connectivity index (χ2n) is 7.84. The van der Waals surface area contributed by atoms with E-state index in [4.69, 9.17) is 0 Å². The zero-order chi connectivity index (χ0) is 19.5. The number of hydrogen-bond donors (Lipinski definition) is 1. The number of amides is 2. The molecule has 5 heteroatoms. The van der Waals surface area contributed by atoms with E-state index in [9.17, 15) is 9.59 Å². The third-order valence-corrected chi connectivity index (χ3v) is 5.78. The fourth-order valence-electron chi connectivity index (χ4n) is 3.94. The van der Waals surface area contributed by atoms with E-state index in [0.29, 0.717) is 18.0 Å². The summed E-state index contributed by atoms with van der Waals surface area (Å²) in [5, 5.41) is 3.00. The summed E-state index contributed by atoms with van der Waals surface area (Å²) in [6.45, 7) is 3.27. The van der Waals surface area contributed by atoms with Crippen LogP contribution in [0.5, 0.6) is 0 Å². The highest BCUT2D eigenvalue weighted by atomic mass is 16.2. The monoisotopic (exact) mass is 377 g/mol. The summed E-state index contributed by atoms with van der Waals surface area (Å²) in [6, 6.07) is 9.99. The number of likely N-dealkylation sites (tertiary alicyclic amines) is 1. The molecule has 1 aliphatic carbocycles. The van der Waals surface area contributed by atoms with Gasteiger partial charge in [0, 0.05) is 37.1 Å². The number of nitrogens with zero attached hydrogens (tertiary/aromatic N) is 2. The van der Waals surface area contributed by atoms with Crippen molar-refractivity contribution in [3.05, 3.63) is 65.0 Å². The Morgan fingerprint density at radius 1 is 1.14 bits per heavy atom. The van der Waals surface area contributed by atoms with Crippen LogP contribution in [-0.2, 0) is 6.42 Å². The molecule has 0 radical (unpaired) electrons. The number of aromatic nitrogens is 1. The molecule has 2 aliphatic rings. The van der Waals surface area contributed by atoms with Crippen molar-refractivity contribution in [2.75, 3.05) is 13.1 Å². The molecule has 1 aliphatic heterocycles. The molecule has 4 rings (SSSR count). The van der Waals surface area contributed by atoms with Crippen molar-refractivity contribution in [1.29, 1.82) is 0 Å². The fourth-order valence-corrected chi connectivity index (χ4v) is 3.94. The zero-order valence-electron chi connectivity index (χ0n) is 16.4. The van der Waals surface area contributed by atoms with Crippen molar-refractivity contribution in [3.8, 4) is 0 Å². The lowest BCUT2D eigenvalue weighted by Crippen LogP contribution is -2.43. The Bertz CT molecular complexity index is 876. The van der Waals surface area contributed by atoms with Crippen molar-refractivity contribution in [2.45, 2.75) is 51.0 Å². The molecule has 2 amide bonds. The largest absolute Gasteiger partial charge is 0.350 e. The molecule has 146 valence electrons. The van der Waals surface area contributed by atoms with Gasteiger partial charge in [-0.25, -0.2) is 0 Å². The van der Waals surface area contributed by atoms with E-state index in [1.165, 1.54) is 18.4 Å². The summed E-state index contributed by atoms with van der Waals surface area (Å²) < 4.78 is 0. The molecule has 28 heavy (non-hydrogen) atoms. The smallest absolute Gasteiger partial charge is 0.254 e. The first-order valence-corrected chi connectivity index (χ1v) is 10.3. The molecule has 1 aromatic carbocycles. The first-order valence-electron chi connectivity index (χ1n) is 10.3. The van der Waals surface area contributed by atoms with Crippen LogP contribution < -0.4 is 5.32 Å². The lowest BCUT2D eigenvalue weighted by atomic mass is 10.1. The highest BCUT2D eigenvalue weighted by molar-refractivity contribution is 5.95. The molecule has 5 nitrogen and oxygen atoms in total. The number of hydrogen-bond acceptors (Lipinski definition) is 3. The van der Waals surface area contributed by atoms with Gasteiger partial charge in [0.1, 0.15) is 0 Å². The van der Waals surface area contributed by atoms with E-state index in [1.807, 2.05) is 30.0 Å². The predicted octanol–water partition coefficient (Wildman–Crippen LogP) is 3.56. The molecule has 1 atom stereocenters. The average molecular weight is 377 g/mol. The highest BCUT2D eigenvalue weighted by Crippen LogP contribution is 2.40. The molecule has 1 saturated carbocycles. The van der Waals surface area contributed by atoms with Crippen LogP contribution in [0.1, 0.15) is 70.4 Å². The van der Waals surface area contributed by atoms with Gasteiger partial charge in [-0.05, 0) is 67.3 Å². The quantitative estimate of drug-likeness (QED) is 0.837. The van der Waals surface area contributed by atoms with Crippen molar-refractivity contribution in [3.63, 3.8) is 0 Å². The summed E-state index contributed by atoms with van der Waals surface area (Å²) in [4.78, 5) is 31.6. The Balaban J connectivity index is 1.39. The van der Waals surface area contributed by atoms with Gasteiger partial charge in [-0.3, -0.25) is 14.6 Å². The minimum Gasteiger partial charge on any atom is -0.350 e. The second-order valence-corrected chi connectivity index (χ2v) is 7.84. The van der Waals surface area contributed by atoms with Crippen molar-refractivity contribution in [1.82, 2.24) is 15.2 Å². The second kappa shape index (κ2) is 8.13. The van der Waals surface area contributed by atoms with Gasteiger partial charge in [0.15, 0.2) is 0 Å². The number of pyridine rings is 1. The standard InChI is InChI=1S/C23H27N3O2/c1-2-16-11-20(14-24-13-16)22(27)25-15-21-7-4-10-26(21)23(28)19-6-3-5-18(12-19)17-8-9-17/h3,5-6,11-14,17,21H,2,4,7-10,15H2,1H3,(H,25,27). The number of carbonyl (C=O) groups is 2. The topological polar surface area (TPSA) is 62.3 Å². The van der Waals surface area contributed by atoms with Gasteiger partial charge in [-0.1, -0.05) is 19.1 Å². The fraction of sp³-hybridized carbons (Fsp3) is 0.435. The Labute approximate surface area is 166 Å². The van der Waals surface area contributed by atoms with Gasteiger partial charge in [0.05, 0.1) is 5.56 Å². The van der Waals surface area contributed by atoms with E-state index in [2.05, 4.69) is 22.4 Å². The van der Waals surface area contributed by atoms with E-state index in [0.717, 1.165) is 36.9 Å². The van der Waals surface area contributed by atoms with E-state index >= 15 is 0 Å². The van der Waals surface area contributed by atoms with E-state index in [-0.39, 0.29) is 17.9 Å². The summed E-state index contributed by atoms with van der Waals surface area (Å²) in [7, 11) is 0. The van der Waals surface area contributed by atoms with Crippen LogP contribution in [0.25, 0.3) is 0 Å².